The molecule has 2 saturated heterocycles. The van der Waals surface area contributed by atoms with Gasteiger partial charge in [0.05, 0.1) is 5.69 Å². The van der Waals surface area contributed by atoms with Crippen LogP contribution >= 0.6 is 0 Å². The first kappa shape index (κ1) is 18.7. The van der Waals surface area contributed by atoms with Gasteiger partial charge in [0.25, 0.3) is 0 Å². The number of carbonyl (C=O) groups excluding carboxylic acids is 1. The maximum atomic E-state index is 12.2. The van der Waals surface area contributed by atoms with Gasteiger partial charge in [-0.1, -0.05) is 0 Å². The minimum absolute atomic E-state index is 0.229. The predicted octanol–water partition coefficient (Wildman–Crippen LogP) is 3.16. The molecule has 2 fully saturated rings. The van der Waals surface area contributed by atoms with Crippen molar-refractivity contribution in [3.8, 4) is 0 Å². The molecule has 1 aromatic rings. The van der Waals surface area contributed by atoms with Crippen LogP contribution < -0.4 is 10.6 Å². The van der Waals surface area contributed by atoms with Crippen LogP contribution in [-0.2, 0) is 4.74 Å². The van der Waals surface area contributed by atoms with Gasteiger partial charge < -0.3 is 20.3 Å². The Labute approximate surface area is 155 Å². The fraction of sp³-hybridized carbons (Fsp3) is 0.737. The van der Waals surface area contributed by atoms with E-state index in [1.807, 2.05) is 26.8 Å². The van der Waals surface area contributed by atoms with E-state index in [9.17, 15) is 4.79 Å². The number of likely N-dealkylation sites (tertiary alicyclic amines) is 1. The summed E-state index contributed by atoms with van der Waals surface area (Å²) in [7, 11) is 0. The van der Waals surface area contributed by atoms with Gasteiger partial charge in [0.2, 0.25) is 5.95 Å². The normalized spacial score (nSPS) is 19.5. The van der Waals surface area contributed by atoms with Crippen molar-refractivity contribution in [2.24, 2.45) is 0 Å². The van der Waals surface area contributed by atoms with Crippen LogP contribution in [0.2, 0.25) is 0 Å². The third-order valence-electron chi connectivity index (χ3n) is 4.96. The number of amides is 1. The van der Waals surface area contributed by atoms with E-state index < -0.39 is 5.60 Å². The maximum absolute atomic E-state index is 12.2. The minimum atomic E-state index is -0.460. The Kier molecular flexibility index (Phi) is 5.53. The first-order valence-electron chi connectivity index (χ1n) is 9.69. The molecule has 0 aromatic carbocycles. The summed E-state index contributed by atoms with van der Waals surface area (Å²) >= 11 is 0. The monoisotopic (exact) mass is 361 g/mol. The lowest BCUT2D eigenvalue weighted by Crippen LogP contribution is -2.41. The number of aromatic nitrogens is 2. The molecule has 3 rings (SSSR count). The summed E-state index contributed by atoms with van der Waals surface area (Å²) in [5, 5.41) is 0. The molecule has 2 aliphatic rings. The lowest BCUT2D eigenvalue weighted by atomic mass is 9.93. The molecule has 0 unspecified atom stereocenters. The second kappa shape index (κ2) is 7.68. The Balaban J connectivity index is 1.64. The molecule has 7 heteroatoms. The number of nitrogens with two attached hydrogens (primary N) is 1. The SMILES string of the molecule is CC(C)(C)OC(=O)N1CCC(c2cc(N)nc(N3CCCCC3)n2)CC1. The number of nitrogen functional groups attached to an aromatic ring is 1. The van der Waals surface area contributed by atoms with Gasteiger partial charge in [-0.2, -0.15) is 4.98 Å². The summed E-state index contributed by atoms with van der Waals surface area (Å²) in [6.07, 6.45) is 5.15. The van der Waals surface area contributed by atoms with Gasteiger partial charge in [-0.05, 0) is 52.9 Å². The Hall–Kier alpha value is -2.05. The van der Waals surface area contributed by atoms with E-state index in [4.69, 9.17) is 15.5 Å². The van der Waals surface area contributed by atoms with Crippen LogP contribution in [-0.4, -0.2) is 52.7 Å². The number of anilines is 2. The Morgan fingerprint density at radius 2 is 1.77 bits per heavy atom. The number of ether oxygens (including phenoxy) is 1. The topological polar surface area (TPSA) is 84.6 Å². The lowest BCUT2D eigenvalue weighted by molar-refractivity contribution is 0.0204. The van der Waals surface area contributed by atoms with E-state index in [0.29, 0.717) is 24.8 Å². The van der Waals surface area contributed by atoms with Crippen LogP contribution in [0.15, 0.2) is 6.07 Å². The average Bonchev–Trinajstić information content (AvgIpc) is 2.61. The van der Waals surface area contributed by atoms with Crippen LogP contribution in [0.1, 0.15) is 64.5 Å². The fourth-order valence-electron chi connectivity index (χ4n) is 3.60. The lowest BCUT2D eigenvalue weighted by Gasteiger charge is -2.33. The molecule has 1 amide bonds. The number of hydrogen-bond donors (Lipinski definition) is 1. The molecule has 0 spiro atoms. The zero-order valence-electron chi connectivity index (χ0n) is 16.2. The van der Waals surface area contributed by atoms with E-state index >= 15 is 0 Å². The van der Waals surface area contributed by atoms with Crippen molar-refractivity contribution >= 4 is 17.9 Å². The zero-order valence-corrected chi connectivity index (χ0v) is 16.2. The van der Waals surface area contributed by atoms with Crippen LogP contribution in [0.3, 0.4) is 0 Å². The van der Waals surface area contributed by atoms with Crippen molar-refractivity contribution in [3.63, 3.8) is 0 Å². The molecular formula is C19H31N5O2. The van der Waals surface area contributed by atoms with Gasteiger partial charge in [-0.25, -0.2) is 9.78 Å². The Bertz CT molecular complexity index is 629. The average molecular weight is 361 g/mol. The van der Waals surface area contributed by atoms with Crippen LogP contribution in [0, 0.1) is 0 Å². The largest absolute Gasteiger partial charge is 0.444 e. The van der Waals surface area contributed by atoms with Crippen LogP contribution in [0.25, 0.3) is 0 Å². The van der Waals surface area contributed by atoms with E-state index in [0.717, 1.165) is 37.6 Å². The van der Waals surface area contributed by atoms with Crippen molar-refractivity contribution in [2.75, 3.05) is 36.8 Å². The highest BCUT2D eigenvalue weighted by Crippen LogP contribution is 2.30. The fourth-order valence-corrected chi connectivity index (χ4v) is 3.60. The molecule has 2 N–H and O–H groups in total. The number of nitrogens with zero attached hydrogens (tertiary/aromatic N) is 4. The van der Waals surface area contributed by atoms with Gasteiger partial charge >= 0.3 is 6.09 Å². The highest BCUT2D eigenvalue weighted by atomic mass is 16.6. The van der Waals surface area contributed by atoms with E-state index in [1.54, 1.807) is 4.90 Å². The second-order valence-electron chi connectivity index (χ2n) is 8.31. The van der Waals surface area contributed by atoms with Crippen molar-refractivity contribution in [1.82, 2.24) is 14.9 Å². The predicted molar refractivity (Wildman–Crippen MR) is 102 cm³/mol. The number of hydrogen-bond acceptors (Lipinski definition) is 6. The molecule has 0 aliphatic carbocycles. The molecule has 2 aliphatic heterocycles. The Morgan fingerprint density at radius 3 is 2.38 bits per heavy atom. The van der Waals surface area contributed by atoms with Gasteiger partial charge in [0.1, 0.15) is 11.4 Å². The summed E-state index contributed by atoms with van der Waals surface area (Å²) in [5.74, 6) is 1.60. The molecule has 144 valence electrons. The quantitative estimate of drug-likeness (QED) is 0.871. The van der Waals surface area contributed by atoms with Crippen molar-refractivity contribution in [2.45, 2.75) is 64.4 Å². The summed E-state index contributed by atoms with van der Waals surface area (Å²) in [5.41, 5.74) is 6.60. The number of rotatable bonds is 2. The standard InChI is InChI=1S/C19H31N5O2/c1-19(2,3)26-18(25)24-11-7-14(8-12-24)15-13-16(20)22-17(21-15)23-9-5-4-6-10-23/h13-14H,4-12H2,1-3H3,(H2,20,21,22). The highest BCUT2D eigenvalue weighted by molar-refractivity contribution is 5.68. The molecule has 26 heavy (non-hydrogen) atoms. The number of carbonyl (C=O) groups is 1. The molecule has 0 saturated carbocycles. The third-order valence-corrected chi connectivity index (χ3v) is 4.96. The summed E-state index contributed by atoms with van der Waals surface area (Å²) in [6, 6.07) is 1.89. The highest BCUT2D eigenvalue weighted by Gasteiger charge is 2.28. The molecule has 0 radical (unpaired) electrons. The van der Waals surface area contributed by atoms with Crippen molar-refractivity contribution in [1.29, 1.82) is 0 Å². The van der Waals surface area contributed by atoms with Gasteiger partial charge in [-0.15, -0.1) is 0 Å². The first-order chi connectivity index (χ1) is 12.3. The van der Waals surface area contributed by atoms with Gasteiger partial charge in [-0.3, -0.25) is 0 Å². The van der Waals surface area contributed by atoms with E-state index in [-0.39, 0.29) is 6.09 Å². The molecule has 7 nitrogen and oxygen atoms in total. The van der Waals surface area contributed by atoms with Gasteiger partial charge in [0, 0.05) is 38.2 Å². The van der Waals surface area contributed by atoms with Crippen LogP contribution in [0.4, 0.5) is 16.6 Å². The van der Waals surface area contributed by atoms with E-state index in [1.165, 1.54) is 19.3 Å². The summed E-state index contributed by atoms with van der Waals surface area (Å²) < 4.78 is 5.47. The van der Waals surface area contributed by atoms with E-state index in [2.05, 4.69) is 9.88 Å². The van der Waals surface area contributed by atoms with Crippen molar-refractivity contribution in [3.05, 3.63) is 11.8 Å². The zero-order chi connectivity index (χ0) is 18.7. The molecule has 1 aromatic heterocycles. The second-order valence-corrected chi connectivity index (χ2v) is 8.31. The first-order valence-corrected chi connectivity index (χ1v) is 9.69. The summed E-state index contributed by atoms with van der Waals surface area (Å²) in [4.78, 5) is 25.5. The third kappa shape index (κ3) is 4.77. The van der Waals surface area contributed by atoms with Gasteiger partial charge in [0.15, 0.2) is 0 Å². The molecule has 3 heterocycles. The summed E-state index contributed by atoms with van der Waals surface area (Å²) in [6.45, 7) is 9.04. The molecular weight excluding hydrogens is 330 g/mol. The molecule has 0 bridgehead atoms. The maximum Gasteiger partial charge on any atom is 0.410 e. The van der Waals surface area contributed by atoms with Crippen LogP contribution in [0.5, 0.6) is 0 Å². The van der Waals surface area contributed by atoms with Crippen molar-refractivity contribution < 1.29 is 9.53 Å². The Morgan fingerprint density at radius 1 is 1.12 bits per heavy atom. The number of piperidine rings is 2. The minimum Gasteiger partial charge on any atom is -0.444 e. The molecule has 0 atom stereocenters. The smallest absolute Gasteiger partial charge is 0.410 e.